The number of hydrogen-bond acceptors (Lipinski definition) is 5. The van der Waals surface area contributed by atoms with Gasteiger partial charge in [0, 0.05) is 16.0 Å². The minimum atomic E-state index is -0.207. The zero-order valence-corrected chi connectivity index (χ0v) is 19.8. The number of aromatic nitrogens is 2. The van der Waals surface area contributed by atoms with Crippen LogP contribution in [0.25, 0.3) is 22.2 Å². The summed E-state index contributed by atoms with van der Waals surface area (Å²) in [6, 6.07) is 16.9. The van der Waals surface area contributed by atoms with E-state index in [2.05, 4.69) is 28.0 Å². The van der Waals surface area contributed by atoms with Gasteiger partial charge in [-0.3, -0.25) is 4.79 Å². The fourth-order valence-corrected chi connectivity index (χ4v) is 3.71. The Kier molecular flexibility index (Phi) is 6.55. The molecule has 2 aromatic heterocycles. The van der Waals surface area contributed by atoms with Gasteiger partial charge in [0.2, 0.25) is 0 Å². The first-order valence-electron chi connectivity index (χ1n) is 10.6. The van der Waals surface area contributed by atoms with Crippen molar-refractivity contribution in [2.75, 3.05) is 6.61 Å². The molecule has 2 heterocycles. The van der Waals surface area contributed by atoms with Crippen molar-refractivity contribution >= 4 is 33.0 Å². The van der Waals surface area contributed by atoms with Crippen LogP contribution in [-0.4, -0.2) is 22.5 Å². The lowest BCUT2D eigenvalue weighted by Crippen LogP contribution is -2.23. The lowest BCUT2D eigenvalue weighted by Gasteiger charge is -2.13. The van der Waals surface area contributed by atoms with E-state index in [4.69, 9.17) is 14.1 Å². The zero-order chi connectivity index (χ0) is 22.7. The van der Waals surface area contributed by atoms with Gasteiger partial charge in [0.15, 0.2) is 0 Å². The normalized spacial score (nSPS) is 12.5. The second-order valence-electron chi connectivity index (χ2n) is 7.46. The van der Waals surface area contributed by atoms with Crippen molar-refractivity contribution in [3.63, 3.8) is 0 Å². The van der Waals surface area contributed by atoms with Crippen LogP contribution >= 0.6 is 15.9 Å². The van der Waals surface area contributed by atoms with Crippen molar-refractivity contribution in [3.8, 4) is 17.1 Å². The maximum Gasteiger partial charge on any atom is 0.282 e. The topological polar surface area (TPSA) is 69.6 Å². The van der Waals surface area contributed by atoms with Crippen LogP contribution in [0.5, 0.6) is 5.75 Å². The molecule has 0 N–H and O–H groups in total. The molecule has 0 saturated carbocycles. The maximum absolute atomic E-state index is 13.2. The third kappa shape index (κ3) is 4.53. The van der Waals surface area contributed by atoms with Crippen LogP contribution < -0.4 is 10.3 Å². The summed E-state index contributed by atoms with van der Waals surface area (Å²) in [4.78, 5) is 17.9. The summed E-state index contributed by atoms with van der Waals surface area (Å²) < 4.78 is 13.6. The molecule has 0 radical (unpaired) electrons. The Balaban J connectivity index is 1.69. The van der Waals surface area contributed by atoms with Crippen molar-refractivity contribution in [1.29, 1.82) is 0 Å². The molecule has 0 amide bonds. The molecule has 4 aromatic rings. The molecular formula is C25H24BrN3O3. The average Bonchev–Trinajstić information content (AvgIpc) is 3.28. The quantitative estimate of drug-likeness (QED) is 0.286. The third-order valence-corrected chi connectivity index (χ3v) is 5.76. The Morgan fingerprint density at radius 2 is 1.94 bits per heavy atom. The van der Waals surface area contributed by atoms with Crippen LogP contribution in [0.3, 0.4) is 0 Å². The van der Waals surface area contributed by atoms with E-state index in [0.29, 0.717) is 34.9 Å². The monoisotopic (exact) mass is 493 g/mol. The van der Waals surface area contributed by atoms with E-state index in [9.17, 15) is 4.79 Å². The van der Waals surface area contributed by atoms with Crippen molar-refractivity contribution in [2.24, 2.45) is 5.10 Å². The second-order valence-corrected chi connectivity index (χ2v) is 8.38. The molecule has 7 heteroatoms. The summed E-state index contributed by atoms with van der Waals surface area (Å²) in [5.74, 6) is 2.78. The molecule has 0 fully saturated rings. The molecule has 0 bridgehead atoms. The van der Waals surface area contributed by atoms with E-state index < -0.39 is 0 Å². The highest BCUT2D eigenvalue weighted by atomic mass is 79.9. The summed E-state index contributed by atoms with van der Waals surface area (Å²) in [5, 5.41) is 4.97. The summed E-state index contributed by atoms with van der Waals surface area (Å²) >= 11 is 3.43. The van der Waals surface area contributed by atoms with Gasteiger partial charge in [-0.15, -0.1) is 0 Å². The zero-order valence-electron chi connectivity index (χ0n) is 18.2. The summed E-state index contributed by atoms with van der Waals surface area (Å²) in [5.41, 5.74) is 1.39. The number of furan rings is 1. The van der Waals surface area contributed by atoms with Crippen LogP contribution in [0.2, 0.25) is 0 Å². The summed E-state index contributed by atoms with van der Waals surface area (Å²) in [7, 11) is 0. The molecule has 32 heavy (non-hydrogen) atoms. The van der Waals surface area contributed by atoms with Crippen LogP contribution in [0.4, 0.5) is 0 Å². The minimum absolute atomic E-state index is 0.0731. The number of fused-ring (bicyclic) bond motifs is 1. The fraction of sp³-hybridized carbons (Fsp3) is 0.240. The minimum Gasteiger partial charge on any atom is -0.494 e. The number of benzene rings is 2. The van der Waals surface area contributed by atoms with Gasteiger partial charge in [0.1, 0.15) is 23.1 Å². The van der Waals surface area contributed by atoms with Gasteiger partial charge in [-0.1, -0.05) is 29.8 Å². The molecule has 0 aliphatic rings. The Hall–Kier alpha value is -3.19. The van der Waals surface area contributed by atoms with E-state index in [1.54, 1.807) is 12.3 Å². The fourth-order valence-electron chi connectivity index (χ4n) is 3.35. The van der Waals surface area contributed by atoms with Crippen LogP contribution in [0, 0.1) is 0 Å². The third-order valence-electron chi connectivity index (χ3n) is 5.26. The first-order valence-corrected chi connectivity index (χ1v) is 11.4. The lowest BCUT2D eigenvalue weighted by atomic mass is 10.1. The van der Waals surface area contributed by atoms with Crippen LogP contribution in [0.1, 0.15) is 44.7 Å². The average molecular weight is 494 g/mol. The number of hydrogen-bond donors (Lipinski definition) is 0. The lowest BCUT2D eigenvalue weighted by molar-refractivity contribution is 0.340. The van der Waals surface area contributed by atoms with Gasteiger partial charge in [0.05, 0.1) is 23.7 Å². The Morgan fingerprint density at radius 3 is 2.66 bits per heavy atom. The van der Waals surface area contributed by atoms with E-state index >= 15 is 0 Å². The first kappa shape index (κ1) is 22.0. The molecule has 0 saturated heterocycles. The van der Waals surface area contributed by atoms with E-state index in [0.717, 1.165) is 22.2 Å². The molecule has 1 atom stereocenters. The smallest absolute Gasteiger partial charge is 0.282 e. The van der Waals surface area contributed by atoms with Gasteiger partial charge >= 0.3 is 0 Å². The van der Waals surface area contributed by atoms with E-state index in [1.165, 1.54) is 4.68 Å². The van der Waals surface area contributed by atoms with Gasteiger partial charge < -0.3 is 9.15 Å². The predicted octanol–water partition coefficient (Wildman–Crippen LogP) is 6.21. The first-order chi connectivity index (χ1) is 15.5. The van der Waals surface area contributed by atoms with Crippen LogP contribution in [-0.2, 0) is 0 Å². The molecular weight excluding hydrogens is 470 g/mol. The Bertz CT molecular complexity index is 1320. The standard InChI is InChI=1S/C25H24BrN3O3/c1-4-16(3)24-28-22-12-8-18(26)14-21(22)25(30)29(24)27-15-20-11-13-23(32-20)17-6-9-19(10-7-17)31-5-2/h6-16H,4-5H2,1-3H3/t16-/m0/s1. The van der Waals surface area contributed by atoms with Crippen molar-refractivity contribution < 1.29 is 9.15 Å². The van der Waals surface area contributed by atoms with Crippen LogP contribution in [0.15, 0.2) is 73.4 Å². The van der Waals surface area contributed by atoms with Crippen molar-refractivity contribution in [2.45, 2.75) is 33.1 Å². The molecule has 0 aliphatic heterocycles. The Labute approximate surface area is 194 Å². The van der Waals surface area contributed by atoms with E-state index in [-0.39, 0.29) is 11.5 Å². The number of nitrogens with zero attached hydrogens (tertiary/aromatic N) is 3. The van der Waals surface area contributed by atoms with Crippen molar-refractivity contribution in [1.82, 2.24) is 9.66 Å². The Morgan fingerprint density at radius 1 is 1.16 bits per heavy atom. The maximum atomic E-state index is 13.2. The molecule has 4 rings (SSSR count). The number of halogens is 1. The molecule has 2 aromatic carbocycles. The molecule has 6 nitrogen and oxygen atoms in total. The number of ether oxygens (including phenoxy) is 1. The molecule has 0 spiro atoms. The summed E-state index contributed by atoms with van der Waals surface area (Å²) in [6.07, 6.45) is 2.39. The SMILES string of the molecule is CCOc1ccc(-c2ccc(C=Nn3c([C@@H](C)CC)nc4ccc(Br)cc4c3=O)o2)cc1. The molecule has 164 valence electrons. The highest BCUT2D eigenvalue weighted by Gasteiger charge is 2.16. The highest BCUT2D eigenvalue weighted by Crippen LogP contribution is 2.25. The van der Waals surface area contributed by atoms with Gasteiger partial charge in [0.25, 0.3) is 5.56 Å². The van der Waals surface area contributed by atoms with Gasteiger partial charge in [-0.25, -0.2) is 4.98 Å². The summed E-state index contributed by atoms with van der Waals surface area (Å²) in [6.45, 7) is 6.68. The highest BCUT2D eigenvalue weighted by molar-refractivity contribution is 9.10. The van der Waals surface area contributed by atoms with Crippen molar-refractivity contribution in [3.05, 3.63) is 81.0 Å². The molecule has 0 unspecified atom stereocenters. The number of rotatable bonds is 7. The largest absolute Gasteiger partial charge is 0.494 e. The van der Waals surface area contributed by atoms with E-state index in [1.807, 2.05) is 62.4 Å². The molecule has 0 aliphatic carbocycles. The predicted molar refractivity (Wildman–Crippen MR) is 131 cm³/mol. The van der Waals surface area contributed by atoms with Gasteiger partial charge in [-0.2, -0.15) is 9.78 Å². The van der Waals surface area contributed by atoms with Gasteiger partial charge in [-0.05, 0) is 67.9 Å². The second kappa shape index (κ2) is 9.53.